The summed E-state index contributed by atoms with van der Waals surface area (Å²) in [6, 6.07) is 10.5. The second kappa shape index (κ2) is 2.17. The van der Waals surface area contributed by atoms with Crippen molar-refractivity contribution >= 4 is 20.9 Å². The molecule has 35 valence electrons. The molecular weight excluding hydrogens is 145 g/mol. The van der Waals surface area contributed by atoms with E-state index in [1.54, 1.807) is 0 Å². The summed E-state index contributed by atoms with van der Waals surface area (Å²) in [5.74, 6) is 0. The second-order valence-electron chi connectivity index (χ2n) is 1.49. The van der Waals surface area contributed by atoms with Gasteiger partial charge in [-0.1, -0.05) is 0 Å². The average molecular weight is 152 g/mol. The number of rotatable bonds is 0. The molecule has 1 aromatic rings. The summed E-state index contributed by atoms with van der Waals surface area (Å²) in [6.45, 7) is 0. The summed E-state index contributed by atoms with van der Waals surface area (Å²) in [6.07, 6.45) is 0. The first-order valence-electron chi connectivity index (χ1n) is 2.26. The third-order valence-electron chi connectivity index (χ3n) is 0.843. The van der Waals surface area contributed by atoms with Crippen molar-refractivity contribution in [1.82, 2.24) is 0 Å². The van der Waals surface area contributed by atoms with Crippen molar-refractivity contribution in [3.63, 3.8) is 0 Å². The Hall–Kier alpha value is -0.237. The number of hydrogen-bond donors (Lipinski definition) is 0. The van der Waals surface area contributed by atoms with Crippen LogP contribution in [0.4, 0.5) is 0 Å². The van der Waals surface area contributed by atoms with Crippen LogP contribution in [0.2, 0.25) is 0 Å². The topological polar surface area (TPSA) is 0 Å². The minimum atomic E-state index is 1.26. The van der Waals surface area contributed by atoms with Gasteiger partial charge in [0.05, 0.1) is 0 Å². The SMILES string of the molecule is [GeH2][c]1ccccc1. The summed E-state index contributed by atoms with van der Waals surface area (Å²) in [5.41, 5.74) is 0. The van der Waals surface area contributed by atoms with E-state index in [1.165, 1.54) is 20.9 Å². The van der Waals surface area contributed by atoms with Crippen molar-refractivity contribution < 1.29 is 0 Å². The van der Waals surface area contributed by atoms with Crippen molar-refractivity contribution in [2.45, 2.75) is 0 Å². The molecule has 0 saturated heterocycles. The number of benzene rings is 1. The molecule has 1 rings (SSSR count). The van der Waals surface area contributed by atoms with Crippen molar-refractivity contribution in [3.05, 3.63) is 30.3 Å². The van der Waals surface area contributed by atoms with Crippen molar-refractivity contribution in [2.75, 3.05) is 0 Å². The van der Waals surface area contributed by atoms with Crippen molar-refractivity contribution in [3.8, 4) is 0 Å². The van der Waals surface area contributed by atoms with Crippen LogP contribution >= 0.6 is 0 Å². The van der Waals surface area contributed by atoms with Gasteiger partial charge in [0, 0.05) is 0 Å². The van der Waals surface area contributed by atoms with Crippen molar-refractivity contribution in [1.29, 1.82) is 0 Å². The van der Waals surface area contributed by atoms with E-state index in [0.717, 1.165) is 0 Å². The summed E-state index contributed by atoms with van der Waals surface area (Å²) in [5, 5.41) is 0. The van der Waals surface area contributed by atoms with Crippen LogP contribution in [0.5, 0.6) is 0 Å². The third kappa shape index (κ3) is 1.35. The summed E-state index contributed by atoms with van der Waals surface area (Å²) in [7, 11) is 0. The van der Waals surface area contributed by atoms with Crippen LogP contribution in [0, 0.1) is 0 Å². The summed E-state index contributed by atoms with van der Waals surface area (Å²) >= 11 is 1.26. The zero-order valence-corrected chi connectivity index (χ0v) is 7.06. The molecule has 0 bridgehead atoms. The fourth-order valence-corrected chi connectivity index (χ4v) is 1.05. The van der Waals surface area contributed by atoms with Crippen LogP contribution in [-0.4, -0.2) is 16.5 Å². The minimum absolute atomic E-state index is 1.26. The Bertz CT molecular complexity index is 134. The van der Waals surface area contributed by atoms with Gasteiger partial charge in [0.15, 0.2) is 0 Å². The van der Waals surface area contributed by atoms with E-state index in [9.17, 15) is 0 Å². The molecule has 0 N–H and O–H groups in total. The van der Waals surface area contributed by atoms with E-state index >= 15 is 0 Å². The molecule has 0 fully saturated rings. The van der Waals surface area contributed by atoms with Gasteiger partial charge in [-0.25, -0.2) is 0 Å². The molecule has 0 aromatic heterocycles. The fourth-order valence-electron chi connectivity index (χ4n) is 0.478. The van der Waals surface area contributed by atoms with Gasteiger partial charge < -0.3 is 0 Å². The molecule has 0 atom stereocenters. The number of hydrogen-bond acceptors (Lipinski definition) is 0. The molecule has 1 radical (unpaired) electrons. The van der Waals surface area contributed by atoms with Gasteiger partial charge in [0.2, 0.25) is 0 Å². The predicted octanol–water partition coefficient (Wildman–Crippen LogP) is -0.0550. The molecule has 0 spiro atoms. The Balaban J connectivity index is 3.02. The normalized spacial score (nSPS) is 8.71. The molecule has 0 aliphatic heterocycles. The average Bonchev–Trinajstić information content (AvgIpc) is 1.69. The predicted molar refractivity (Wildman–Crippen MR) is 34.6 cm³/mol. The first-order valence-corrected chi connectivity index (χ1v) is 3.75. The van der Waals surface area contributed by atoms with Gasteiger partial charge in [0.25, 0.3) is 0 Å². The van der Waals surface area contributed by atoms with E-state index in [0.29, 0.717) is 0 Å². The van der Waals surface area contributed by atoms with Gasteiger partial charge in [-0.05, 0) is 0 Å². The molecule has 1 heteroatoms. The van der Waals surface area contributed by atoms with Crippen LogP contribution in [0.3, 0.4) is 0 Å². The molecule has 0 nitrogen and oxygen atoms in total. The van der Waals surface area contributed by atoms with Crippen LogP contribution in [0.25, 0.3) is 0 Å². The molecule has 7 heavy (non-hydrogen) atoms. The molecule has 0 heterocycles. The second-order valence-corrected chi connectivity index (χ2v) is 3.20. The molecule has 0 amide bonds. The van der Waals surface area contributed by atoms with Crippen LogP contribution in [0.1, 0.15) is 0 Å². The van der Waals surface area contributed by atoms with Gasteiger partial charge in [-0.2, -0.15) is 0 Å². The maximum atomic E-state index is 2.14. The van der Waals surface area contributed by atoms with Crippen molar-refractivity contribution in [2.24, 2.45) is 0 Å². The maximum absolute atomic E-state index is 2.14. The fraction of sp³-hybridized carbons (Fsp3) is 0. The molecule has 0 aliphatic rings. The summed E-state index contributed by atoms with van der Waals surface area (Å²) in [4.78, 5) is 0. The van der Waals surface area contributed by atoms with Crippen LogP contribution < -0.4 is 4.40 Å². The third-order valence-corrected chi connectivity index (χ3v) is 1.83. The zero-order valence-electron chi connectivity index (χ0n) is 4.09. The van der Waals surface area contributed by atoms with Gasteiger partial charge >= 0.3 is 51.2 Å². The van der Waals surface area contributed by atoms with Crippen LogP contribution in [-0.2, 0) is 0 Å². The molecule has 1 aromatic carbocycles. The first kappa shape index (κ1) is 4.91. The standard InChI is InChI=1S/C6H7Ge/c7-6-4-2-1-3-5-6/h1-5H,7H2. The monoisotopic (exact) mass is 153 g/mol. The van der Waals surface area contributed by atoms with E-state index < -0.39 is 0 Å². The Morgan fingerprint density at radius 1 is 1.00 bits per heavy atom. The Labute approximate surface area is 51.8 Å². The van der Waals surface area contributed by atoms with Gasteiger partial charge in [-0.15, -0.1) is 0 Å². The summed E-state index contributed by atoms with van der Waals surface area (Å²) < 4.78 is 1.45. The van der Waals surface area contributed by atoms with E-state index in [4.69, 9.17) is 0 Å². The zero-order chi connectivity index (χ0) is 5.11. The molecule has 0 aliphatic carbocycles. The Morgan fingerprint density at radius 3 is 1.86 bits per heavy atom. The molecule has 0 saturated carbocycles. The molecular formula is C6H7Ge. The van der Waals surface area contributed by atoms with Gasteiger partial charge in [-0.3, -0.25) is 0 Å². The van der Waals surface area contributed by atoms with E-state index in [2.05, 4.69) is 24.3 Å². The van der Waals surface area contributed by atoms with E-state index in [-0.39, 0.29) is 0 Å². The van der Waals surface area contributed by atoms with Gasteiger partial charge in [0.1, 0.15) is 0 Å². The quantitative estimate of drug-likeness (QED) is 0.456. The first-order chi connectivity index (χ1) is 3.39. The van der Waals surface area contributed by atoms with Crippen LogP contribution in [0.15, 0.2) is 30.3 Å². The Morgan fingerprint density at radius 2 is 1.57 bits per heavy atom. The molecule has 0 unspecified atom stereocenters. The Kier molecular flexibility index (Phi) is 1.52. The van der Waals surface area contributed by atoms with E-state index in [1.807, 2.05) is 6.07 Å².